The predicted molar refractivity (Wildman–Crippen MR) is 102 cm³/mol. The van der Waals surface area contributed by atoms with Crippen molar-refractivity contribution in [2.75, 3.05) is 0 Å². The monoisotopic (exact) mass is 385 g/mol. The van der Waals surface area contributed by atoms with Crippen molar-refractivity contribution < 1.29 is 9.72 Å². The lowest BCUT2D eigenvalue weighted by atomic mass is 9.85. The van der Waals surface area contributed by atoms with Gasteiger partial charge in [-0.2, -0.15) is 0 Å². The molecule has 3 aromatic rings. The van der Waals surface area contributed by atoms with Crippen LogP contribution in [0.3, 0.4) is 0 Å². The van der Waals surface area contributed by atoms with Crippen molar-refractivity contribution in [1.29, 1.82) is 0 Å². The minimum absolute atomic E-state index is 0.0592. The van der Waals surface area contributed by atoms with Crippen molar-refractivity contribution in [2.45, 2.75) is 5.92 Å². The highest BCUT2D eigenvalue weighted by molar-refractivity contribution is 6.30. The van der Waals surface area contributed by atoms with E-state index in [4.69, 9.17) is 23.2 Å². The summed E-state index contributed by atoms with van der Waals surface area (Å²) in [5.74, 6) is -0.726. The van der Waals surface area contributed by atoms with E-state index in [1.165, 1.54) is 24.3 Å². The van der Waals surface area contributed by atoms with E-state index in [0.29, 0.717) is 15.6 Å². The summed E-state index contributed by atoms with van der Waals surface area (Å²) in [5, 5.41) is 12.0. The van der Waals surface area contributed by atoms with Crippen molar-refractivity contribution in [2.24, 2.45) is 0 Å². The van der Waals surface area contributed by atoms with Crippen LogP contribution < -0.4 is 0 Å². The zero-order chi connectivity index (χ0) is 18.7. The summed E-state index contributed by atoms with van der Waals surface area (Å²) in [7, 11) is 0. The Morgan fingerprint density at radius 3 is 1.58 bits per heavy atom. The van der Waals surface area contributed by atoms with Gasteiger partial charge in [0, 0.05) is 27.7 Å². The van der Waals surface area contributed by atoms with E-state index < -0.39 is 10.8 Å². The van der Waals surface area contributed by atoms with E-state index in [1.807, 2.05) is 0 Å². The number of benzene rings is 3. The minimum atomic E-state index is -0.564. The number of rotatable bonds is 5. The molecule has 0 unspecified atom stereocenters. The van der Waals surface area contributed by atoms with Crippen LogP contribution in [0.15, 0.2) is 72.8 Å². The van der Waals surface area contributed by atoms with Gasteiger partial charge in [-0.1, -0.05) is 47.5 Å². The molecule has 0 aliphatic carbocycles. The zero-order valence-electron chi connectivity index (χ0n) is 13.4. The lowest BCUT2D eigenvalue weighted by molar-refractivity contribution is -0.384. The number of nitro benzene ring substituents is 1. The van der Waals surface area contributed by atoms with Crippen molar-refractivity contribution >= 4 is 34.7 Å². The number of hydrogen-bond acceptors (Lipinski definition) is 3. The van der Waals surface area contributed by atoms with Crippen LogP contribution in [0.1, 0.15) is 27.4 Å². The zero-order valence-corrected chi connectivity index (χ0v) is 14.9. The first-order valence-electron chi connectivity index (χ1n) is 7.75. The van der Waals surface area contributed by atoms with E-state index in [0.717, 1.165) is 11.1 Å². The third-order valence-electron chi connectivity index (χ3n) is 4.03. The van der Waals surface area contributed by atoms with Gasteiger partial charge >= 0.3 is 0 Å². The smallest absolute Gasteiger partial charge is 0.269 e. The number of ketones is 1. The van der Waals surface area contributed by atoms with Crippen molar-refractivity contribution in [3.8, 4) is 0 Å². The molecule has 0 heterocycles. The third-order valence-corrected chi connectivity index (χ3v) is 4.54. The minimum Gasteiger partial charge on any atom is -0.293 e. The average molecular weight is 386 g/mol. The molecule has 130 valence electrons. The second-order valence-electron chi connectivity index (χ2n) is 5.70. The van der Waals surface area contributed by atoms with E-state index >= 15 is 0 Å². The van der Waals surface area contributed by atoms with Gasteiger partial charge in [0.25, 0.3) is 5.69 Å². The van der Waals surface area contributed by atoms with Crippen LogP contribution in [0.2, 0.25) is 10.0 Å². The average Bonchev–Trinajstić information content (AvgIpc) is 2.65. The van der Waals surface area contributed by atoms with Crippen LogP contribution in [0.5, 0.6) is 0 Å². The number of halogens is 2. The lowest BCUT2D eigenvalue weighted by Crippen LogP contribution is -2.14. The molecule has 0 amide bonds. The number of nitro groups is 1. The summed E-state index contributed by atoms with van der Waals surface area (Å²) in [6.07, 6.45) is 0. The van der Waals surface area contributed by atoms with Crippen molar-refractivity contribution in [3.63, 3.8) is 0 Å². The van der Waals surface area contributed by atoms with Crippen LogP contribution in [0.25, 0.3) is 0 Å². The lowest BCUT2D eigenvalue weighted by Gasteiger charge is -2.17. The highest BCUT2D eigenvalue weighted by atomic mass is 35.5. The van der Waals surface area contributed by atoms with Crippen LogP contribution in [0, 0.1) is 10.1 Å². The maximum absolute atomic E-state index is 13.2. The molecule has 0 aromatic heterocycles. The predicted octanol–water partition coefficient (Wildman–Crippen LogP) is 5.92. The number of hydrogen-bond donors (Lipinski definition) is 0. The van der Waals surface area contributed by atoms with Gasteiger partial charge < -0.3 is 0 Å². The van der Waals surface area contributed by atoms with Crippen molar-refractivity contribution in [3.05, 3.63) is 110 Å². The molecule has 0 bridgehead atoms. The topological polar surface area (TPSA) is 60.2 Å². The fourth-order valence-electron chi connectivity index (χ4n) is 2.72. The molecule has 0 saturated carbocycles. The highest BCUT2D eigenvalue weighted by Crippen LogP contribution is 2.31. The van der Waals surface area contributed by atoms with Gasteiger partial charge in [-0.25, -0.2) is 0 Å². The molecule has 0 fully saturated rings. The van der Waals surface area contributed by atoms with E-state index in [-0.39, 0.29) is 11.5 Å². The van der Waals surface area contributed by atoms with E-state index in [9.17, 15) is 14.9 Å². The first-order valence-corrected chi connectivity index (χ1v) is 8.51. The highest BCUT2D eigenvalue weighted by Gasteiger charge is 2.24. The molecular weight excluding hydrogens is 373 g/mol. The molecule has 0 aliphatic heterocycles. The van der Waals surface area contributed by atoms with Gasteiger partial charge in [0.05, 0.1) is 10.8 Å². The molecule has 4 nitrogen and oxygen atoms in total. The Balaban J connectivity index is 2.04. The first kappa shape index (κ1) is 18.1. The summed E-state index contributed by atoms with van der Waals surface area (Å²) in [6, 6.07) is 19.7. The largest absolute Gasteiger partial charge is 0.293 e. The Bertz CT molecular complexity index is 891. The summed E-state index contributed by atoms with van der Waals surface area (Å²) < 4.78 is 0. The molecule has 26 heavy (non-hydrogen) atoms. The molecule has 0 atom stereocenters. The molecule has 3 aromatic carbocycles. The molecule has 0 radical (unpaired) electrons. The van der Waals surface area contributed by atoms with Crippen molar-refractivity contribution in [1.82, 2.24) is 0 Å². The Hall–Kier alpha value is -2.69. The van der Waals surface area contributed by atoms with Gasteiger partial charge in [-0.3, -0.25) is 14.9 Å². The van der Waals surface area contributed by atoms with Gasteiger partial charge in [0.2, 0.25) is 0 Å². The number of non-ortho nitro benzene ring substituents is 1. The Kier molecular flexibility index (Phi) is 5.35. The quantitative estimate of drug-likeness (QED) is 0.311. The Labute approximate surface area is 160 Å². The summed E-state index contributed by atoms with van der Waals surface area (Å²) >= 11 is 11.9. The van der Waals surface area contributed by atoms with E-state index in [2.05, 4.69) is 0 Å². The second-order valence-corrected chi connectivity index (χ2v) is 6.58. The van der Waals surface area contributed by atoms with Crippen LogP contribution in [0.4, 0.5) is 5.69 Å². The molecule has 0 N–H and O–H groups in total. The Morgan fingerprint density at radius 2 is 1.19 bits per heavy atom. The van der Waals surface area contributed by atoms with Gasteiger partial charge in [0.1, 0.15) is 0 Å². The van der Waals surface area contributed by atoms with E-state index in [1.54, 1.807) is 48.5 Å². The number of nitrogens with zero attached hydrogens (tertiary/aromatic N) is 1. The van der Waals surface area contributed by atoms with Gasteiger partial charge in [-0.05, 0) is 47.5 Å². The molecular formula is C20H13Cl2NO3. The van der Waals surface area contributed by atoms with Crippen LogP contribution in [-0.2, 0) is 0 Å². The summed E-state index contributed by atoms with van der Waals surface area (Å²) in [4.78, 5) is 23.5. The normalized spacial score (nSPS) is 10.7. The van der Waals surface area contributed by atoms with Gasteiger partial charge in [-0.15, -0.1) is 0 Å². The fraction of sp³-hybridized carbons (Fsp3) is 0.0500. The van der Waals surface area contributed by atoms with Crippen LogP contribution in [-0.4, -0.2) is 10.7 Å². The first-order chi connectivity index (χ1) is 12.5. The Morgan fingerprint density at radius 1 is 0.769 bits per heavy atom. The number of carbonyl (C=O) groups is 1. The SMILES string of the molecule is O=C(c1ccc([N+](=O)[O-])cc1)C(c1ccc(Cl)cc1)c1ccc(Cl)cc1. The second kappa shape index (κ2) is 7.68. The number of carbonyl (C=O) groups excluding carboxylic acids is 1. The fourth-order valence-corrected chi connectivity index (χ4v) is 2.97. The molecule has 0 spiro atoms. The van der Waals surface area contributed by atoms with Crippen LogP contribution >= 0.6 is 23.2 Å². The van der Waals surface area contributed by atoms with Gasteiger partial charge in [0.15, 0.2) is 5.78 Å². The third kappa shape index (κ3) is 3.93. The number of Topliss-reactive ketones (excluding diaryl/α,β-unsaturated/α-hetero) is 1. The maximum atomic E-state index is 13.2. The summed E-state index contributed by atoms with van der Waals surface area (Å²) in [6.45, 7) is 0. The summed E-state index contributed by atoms with van der Waals surface area (Å²) in [5.41, 5.74) is 1.89. The molecule has 0 aliphatic rings. The molecule has 0 saturated heterocycles. The molecule has 3 rings (SSSR count). The standard InChI is InChI=1S/C20H13Cl2NO3/c21-16-7-1-13(2-8-16)19(14-3-9-17(22)10-4-14)20(24)15-5-11-18(12-6-15)23(25)26/h1-12,19H. The maximum Gasteiger partial charge on any atom is 0.269 e. The molecule has 6 heteroatoms.